The van der Waals surface area contributed by atoms with Gasteiger partial charge in [0.1, 0.15) is 5.75 Å². The molecular formula is C20H20N2O5. The lowest BCUT2D eigenvalue weighted by molar-refractivity contribution is -0.139. The standard InChI is InChI=1S/C20H20N2O5/c1-13-11-16(27-12-19(24)25)8-9-17(13)21-20(26)14-4-6-15(7-5-14)22-10-2-3-18(22)23/h4-9,11H,2-3,10,12H2,1H3,(H,21,26)(H,24,25). The normalized spacial score (nSPS) is 13.5. The summed E-state index contributed by atoms with van der Waals surface area (Å²) in [6, 6.07) is 11.9. The minimum Gasteiger partial charge on any atom is -0.482 e. The molecule has 7 heteroatoms. The van der Waals surface area contributed by atoms with Gasteiger partial charge in [-0.2, -0.15) is 0 Å². The van der Waals surface area contributed by atoms with Gasteiger partial charge in [0.15, 0.2) is 6.61 Å². The minimum absolute atomic E-state index is 0.105. The summed E-state index contributed by atoms with van der Waals surface area (Å²) in [5, 5.41) is 11.5. The second-order valence-electron chi connectivity index (χ2n) is 6.31. The van der Waals surface area contributed by atoms with Gasteiger partial charge < -0.3 is 20.1 Å². The van der Waals surface area contributed by atoms with Gasteiger partial charge in [0.25, 0.3) is 5.91 Å². The molecule has 0 unspecified atom stereocenters. The van der Waals surface area contributed by atoms with Crippen LogP contribution < -0.4 is 15.0 Å². The molecule has 0 saturated carbocycles. The summed E-state index contributed by atoms with van der Waals surface area (Å²) in [6.07, 6.45) is 1.42. The lowest BCUT2D eigenvalue weighted by atomic mass is 10.1. The van der Waals surface area contributed by atoms with Gasteiger partial charge in [-0.1, -0.05) is 0 Å². The van der Waals surface area contributed by atoms with E-state index >= 15 is 0 Å². The van der Waals surface area contributed by atoms with Crippen LogP contribution in [0.1, 0.15) is 28.8 Å². The molecule has 1 aliphatic rings. The molecule has 140 valence electrons. The third-order valence-corrected chi connectivity index (χ3v) is 4.32. The molecule has 2 aromatic rings. The summed E-state index contributed by atoms with van der Waals surface area (Å²) < 4.78 is 5.12. The summed E-state index contributed by atoms with van der Waals surface area (Å²) >= 11 is 0. The average Bonchev–Trinajstić information content (AvgIpc) is 3.08. The Balaban J connectivity index is 1.66. The van der Waals surface area contributed by atoms with Crippen LogP contribution in [-0.2, 0) is 9.59 Å². The van der Waals surface area contributed by atoms with Crippen molar-refractivity contribution in [2.24, 2.45) is 0 Å². The predicted octanol–water partition coefficient (Wildman–Crippen LogP) is 2.84. The van der Waals surface area contributed by atoms with Gasteiger partial charge in [-0.15, -0.1) is 0 Å². The van der Waals surface area contributed by atoms with E-state index in [1.54, 1.807) is 54.3 Å². The van der Waals surface area contributed by atoms with Crippen LogP contribution in [0.15, 0.2) is 42.5 Å². The van der Waals surface area contributed by atoms with Crippen LogP contribution in [0.5, 0.6) is 5.75 Å². The lowest BCUT2D eigenvalue weighted by Crippen LogP contribution is -2.23. The first kappa shape index (κ1) is 18.4. The van der Waals surface area contributed by atoms with E-state index in [1.165, 1.54) is 0 Å². The molecule has 2 N–H and O–H groups in total. The van der Waals surface area contributed by atoms with Crippen molar-refractivity contribution in [2.45, 2.75) is 19.8 Å². The zero-order chi connectivity index (χ0) is 19.4. The van der Waals surface area contributed by atoms with E-state index in [0.717, 1.165) is 17.7 Å². The second kappa shape index (κ2) is 7.90. The zero-order valence-corrected chi connectivity index (χ0v) is 14.9. The first-order chi connectivity index (χ1) is 12.9. The molecule has 3 rings (SSSR count). The van der Waals surface area contributed by atoms with E-state index in [4.69, 9.17) is 9.84 Å². The number of carboxylic acid groups (broad SMARTS) is 1. The summed E-state index contributed by atoms with van der Waals surface area (Å²) in [5.74, 6) is -0.790. The van der Waals surface area contributed by atoms with E-state index < -0.39 is 12.6 Å². The van der Waals surface area contributed by atoms with Crippen molar-refractivity contribution >= 4 is 29.2 Å². The number of aryl methyl sites for hydroxylation is 1. The Morgan fingerprint density at radius 2 is 1.93 bits per heavy atom. The van der Waals surface area contributed by atoms with Gasteiger partial charge >= 0.3 is 5.97 Å². The van der Waals surface area contributed by atoms with Gasteiger partial charge in [-0.05, 0) is 61.4 Å². The van der Waals surface area contributed by atoms with E-state index in [9.17, 15) is 14.4 Å². The van der Waals surface area contributed by atoms with Gasteiger partial charge in [0.05, 0.1) is 0 Å². The Morgan fingerprint density at radius 1 is 1.19 bits per heavy atom. The van der Waals surface area contributed by atoms with Crippen LogP contribution in [0.2, 0.25) is 0 Å². The molecule has 1 fully saturated rings. The summed E-state index contributed by atoms with van der Waals surface area (Å²) in [7, 11) is 0. The van der Waals surface area contributed by atoms with Crippen molar-refractivity contribution in [3.8, 4) is 5.75 Å². The fourth-order valence-electron chi connectivity index (χ4n) is 2.92. The number of nitrogens with one attached hydrogen (secondary N) is 1. The minimum atomic E-state index is -1.05. The number of carbonyl (C=O) groups is 3. The van der Waals surface area contributed by atoms with Crippen LogP contribution >= 0.6 is 0 Å². The number of carbonyl (C=O) groups excluding carboxylic acids is 2. The van der Waals surface area contributed by atoms with Crippen LogP contribution in [-0.4, -0.2) is 36.0 Å². The van der Waals surface area contributed by atoms with Crippen molar-refractivity contribution in [2.75, 3.05) is 23.4 Å². The number of aliphatic carboxylic acids is 1. The number of rotatable bonds is 6. The molecule has 1 heterocycles. The Morgan fingerprint density at radius 3 is 2.52 bits per heavy atom. The highest BCUT2D eigenvalue weighted by molar-refractivity contribution is 6.05. The Labute approximate surface area is 156 Å². The van der Waals surface area contributed by atoms with Crippen molar-refractivity contribution in [3.63, 3.8) is 0 Å². The van der Waals surface area contributed by atoms with E-state index in [1.807, 2.05) is 0 Å². The highest BCUT2D eigenvalue weighted by Crippen LogP contribution is 2.24. The first-order valence-electron chi connectivity index (χ1n) is 8.61. The molecule has 27 heavy (non-hydrogen) atoms. The topological polar surface area (TPSA) is 95.9 Å². The van der Waals surface area contributed by atoms with Crippen molar-refractivity contribution < 1.29 is 24.2 Å². The van der Waals surface area contributed by atoms with Gasteiger partial charge in [-0.3, -0.25) is 9.59 Å². The van der Waals surface area contributed by atoms with Gasteiger partial charge in [0, 0.05) is 29.9 Å². The number of carboxylic acids is 1. The van der Waals surface area contributed by atoms with E-state index in [-0.39, 0.29) is 11.8 Å². The predicted molar refractivity (Wildman–Crippen MR) is 100 cm³/mol. The maximum absolute atomic E-state index is 12.5. The Bertz CT molecular complexity index is 876. The average molecular weight is 368 g/mol. The fraction of sp³-hybridized carbons (Fsp3) is 0.250. The smallest absolute Gasteiger partial charge is 0.341 e. The summed E-state index contributed by atoms with van der Waals surface area (Å²) in [5.41, 5.74) is 2.65. The number of hydrogen-bond acceptors (Lipinski definition) is 4. The zero-order valence-electron chi connectivity index (χ0n) is 14.9. The third-order valence-electron chi connectivity index (χ3n) is 4.32. The molecule has 0 atom stereocenters. The highest BCUT2D eigenvalue weighted by Gasteiger charge is 2.21. The number of anilines is 2. The molecule has 0 spiro atoms. The van der Waals surface area contributed by atoms with Crippen molar-refractivity contribution in [3.05, 3.63) is 53.6 Å². The van der Waals surface area contributed by atoms with Crippen molar-refractivity contribution in [1.82, 2.24) is 0 Å². The number of benzene rings is 2. The molecule has 0 aliphatic carbocycles. The number of nitrogens with zero attached hydrogens (tertiary/aromatic N) is 1. The van der Waals surface area contributed by atoms with Crippen LogP contribution in [0.4, 0.5) is 11.4 Å². The quantitative estimate of drug-likeness (QED) is 0.817. The SMILES string of the molecule is Cc1cc(OCC(=O)O)ccc1NC(=O)c1ccc(N2CCCC2=O)cc1. The monoisotopic (exact) mass is 368 g/mol. The second-order valence-corrected chi connectivity index (χ2v) is 6.31. The number of hydrogen-bond donors (Lipinski definition) is 2. The molecule has 1 saturated heterocycles. The van der Waals surface area contributed by atoms with Gasteiger partial charge in [0.2, 0.25) is 5.91 Å². The molecule has 1 aliphatic heterocycles. The molecule has 2 amide bonds. The molecule has 7 nitrogen and oxygen atoms in total. The molecule has 0 bridgehead atoms. The lowest BCUT2D eigenvalue weighted by Gasteiger charge is -2.16. The highest BCUT2D eigenvalue weighted by atomic mass is 16.5. The maximum Gasteiger partial charge on any atom is 0.341 e. The molecular weight excluding hydrogens is 348 g/mol. The Hall–Kier alpha value is -3.35. The van der Waals surface area contributed by atoms with Crippen LogP contribution in [0.3, 0.4) is 0 Å². The molecule has 0 radical (unpaired) electrons. The largest absolute Gasteiger partial charge is 0.482 e. The van der Waals surface area contributed by atoms with Crippen molar-refractivity contribution in [1.29, 1.82) is 0 Å². The van der Waals surface area contributed by atoms with Gasteiger partial charge in [-0.25, -0.2) is 4.79 Å². The summed E-state index contributed by atoms with van der Waals surface area (Å²) in [6.45, 7) is 2.09. The maximum atomic E-state index is 12.5. The number of amides is 2. The third kappa shape index (κ3) is 4.44. The number of ether oxygens (including phenoxy) is 1. The molecule has 0 aromatic heterocycles. The summed E-state index contributed by atoms with van der Waals surface area (Å²) in [4.78, 5) is 36.5. The van der Waals surface area contributed by atoms with E-state index in [0.29, 0.717) is 30.0 Å². The molecule has 2 aromatic carbocycles. The van der Waals surface area contributed by atoms with Crippen LogP contribution in [0, 0.1) is 6.92 Å². The van der Waals surface area contributed by atoms with Crippen LogP contribution in [0.25, 0.3) is 0 Å². The Kier molecular flexibility index (Phi) is 5.40. The first-order valence-corrected chi connectivity index (χ1v) is 8.61. The fourth-order valence-corrected chi connectivity index (χ4v) is 2.92. The van der Waals surface area contributed by atoms with E-state index in [2.05, 4.69) is 5.32 Å².